The van der Waals surface area contributed by atoms with Gasteiger partial charge in [0.15, 0.2) is 5.96 Å². The maximum Gasteiger partial charge on any atom is 0.217 e. The van der Waals surface area contributed by atoms with Crippen LogP contribution < -0.4 is 11.1 Å². The summed E-state index contributed by atoms with van der Waals surface area (Å²) < 4.78 is 0. The lowest BCUT2D eigenvalue weighted by atomic mass is 9.95. The highest BCUT2D eigenvalue weighted by atomic mass is 32.2. The fraction of sp³-hybridized carbons (Fsp3) is 0.556. The first-order valence-electron chi connectivity index (χ1n) is 8.52. The summed E-state index contributed by atoms with van der Waals surface area (Å²) in [5.74, 6) is 2.05. The Morgan fingerprint density at radius 2 is 2.17 bits per heavy atom. The Morgan fingerprint density at radius 3 is 2.83 bits per heavy atom. The molecule has 0 aromatic heterocycles. The Balaban J connectivity index is 1.75. The highest BCUT2D eigenvalue weighted by molar-refractivity contribution is 7.99. The van der Waals surface area contributed by atoms with Crippen LogP contribution >= 0.6 is 11.8 Å². The zero-order chi connectivity index (χ0) is 17.4. The molecule has 1 aliphatic rings. The smallest absolute Gasteiger partial charge is 0.217 e. The van der Waals surface area contributed by atoms with E-state index < -0.39 is 0 Å². The van der Waals surface area contributed by atoms with Crippen molar-refractivity contribution in [1.29, 1.82) is 0 Å². The monoisotopic (exact) mass is 348 g/mol. The van der Waals surface area contributed by atoms with E-state index in [4.69, 9.17) is 5.73 Å². The summed E-state index contributed by atoms with van der Waals surface area (Å²) in [5, 5.41) is 3.43. The lowest BCUT2D eigenvalue weighted by molar-refractivity contribution is -0.119. The van der Waals surface area contributed by atoms with Crippen LogP contribution in [0.2, 0.25) is 0 Å². The molecular weight excluding hydrogens is 320 g/mol. The second kappa shape index (κ2) is 9.57. The molecule has 0 aliphatic carbocycles. The molecule has 2 rings (SSSR count). The quantitative estimate of drug-likeness (QED) is 0.358. The number of carbonyl (C=O) groups is 1. The standard InChI is InChI=1S/C18H28N4OS/c1-14-5-7-16(8-6-14)24-11-9-21-18(20-2)22-10-3-4-15(13-22)12-17(19)23/h5-8,15H,3-4,9-13H2,1-2H3,(H2,19,23)(H,20,21). The van der Waals surface area contributed by atoms with Gasteiger partial charge in [-0.1, -0.05) is 17.7 Å². The number of hydrogen-bond donors (Lipinski definition) is 2. The first kappa shape index (κ1) is 18.6. The minimum Gasteiger partial charge on any atom is -0.370 e. The molecule has 1 unspecified atom stereocenters. The summed E-state index contributed by atoms with van der Waals surface area (Å²) in [6.45, 7) is 4.81. The van der Waals surface area contributed by atoms with Gasteiger partial charge in [-0.05, 0) is 37.8 Å². The van der Waals surface area contributed by atoms with Gasteiger partial charge in [0.25, 0.3) is 0 Å². The third-order valence-corrected chi connectivity index (χ3v) is 5.21. The van der Waals surface area contributed by atoms with E-state index in [2.05, 4.69) is 46.4 Å². The zero-order valence-electron chi connectivity index (χ0n) is 14.6. The van der Waals surface area contributed by atoms with Crippen molar-refractivity contribution in [2.45, 2.75) is 31.1 Å². The van der Waals surface area contributed by atoms with Gasteiger partial charge in [0, 0.05) is 43.8 Å². The maximum atomic E-state index is 11.1. The molecule has 132 valence electrons. The Labute approximate surface area is 149 Å². The molecule has 1 heterocycles. The van der Waals surface area contributed by atoms with Crippen LogP contribution in [-0.4, -0.2) is 49.2 Å². The van der Waals surface area contributed by atoms with E-state index in [0.717, 1.165) is 44.2 Å². The highest BCUT2D eigenvalue weighted by Gasteiger charge is 2.23. The lowest BCUT2D eigenvalue weighted by Gasteiger charge is -2.34. The number of nitrogens with one attached hydrogen (secondary N) is 1. The van der Waals surface area contributed by atoms with Crippen LogP contribution in [0.4, 0.5) is 0 Å². The van der Waals surface area contributed by atoms with Crippen molar-refractivity contribution in [2.75, 3.05) is 32.4 Å². The van der Waals surface area contributed by atoms with Crippen LogP contribution in [0, 0.1) is 12.8 Å². The van der Waals surface area contributed by atoms with Crippen LogP contribution in [0.3, 0.4) is 0 Å². The number of guanidine groups is 1. The molecule has 0 spiro atoms. The molecule has 1 atom stereocenters. The minimum atomic E-state index is -0.209. The molecule has 24 heavy (non-hydrogen) atoms. The number of benzene rings is 1. The molecule has 0 bridgehead atoms. The first-order chi connectivity index (χ1) is 11.6. The van der Waals surface area contributed by atoms with Crippen LogP contribution in [0.25, 0.3) is 0 Å². The summed E-state index contributed by atoms with van der Waals surface area (Å²) in [6.07, 6.45) is 2.62. The minimum absolute atomic E-state index is 0.209. The summed E-state index contributed by atoms with van der Waals surface area (Å²) in [5.41, 5.74) is 6.62. The van der Waals surface area contributed by atoms with Crippen LogP contribution in [0.1, 0.15) is 24.8 Å². The molecule has 3 N–H and O–H groups in total. The number of likely N-dealkylation sites (tertiary alicyclic amines) is 1. The lowest BCUT2D eigenvalue weighted by Crippen LogP contribution is -2.47. The topological polar surface area (TPSA) is 70.7 Å². The number of aliphatic imine (C=N–C) groups is 1. The van der Waals surface area contributed by atoms with E-state index in [1.165, 1.54) is 10.5 Å². The van der Waals surface area contributed by atoms with Crippen molar-refractivity contribution in [1.82, 2.24) is 10.2 Å². The molecule has 1 fully saturated rings. The number of thioether (sulfide) groups is 1. The molecule has 1 aromatic rings. The SMILES string of the molecule is CN=C(NCCSc1ccc(C)cc1)N1CCCC(CC(N)=O)C1. The molecule has 1 saturated heterocycles. The second-order valence-corrected chi connectivity index (χ2v) is 7.43. The normalized spacial score (nSPS) is 18.5. The van der Waals surface area contributed by atoms with E-state index >= 15 is 0 Å². The Hall–Kier alpha value is -1.69. The molecule has 5 nitrogen and oxygen atoms in total. The third-order valence-electron chi connectivity index (χ3n) is 4.20. The largest absolute Gasteiger partial charge is 0.370 e. The predicted molar refractivity (Wildman–Crippen MR) is 101 cm³/mol. The van der Waals surface area contributed by atoms with Gasteiger partial charge < -0.3 is 16.0 Å². The van der Waals surface area contributed by atoms with Crippen LogP contribution in [-0.2, 0) is 4.79 Å². The van der Waals surface area contributed by atoms with Gasteiger partial charge in [-0.15, -0.1) is 11.8 Å². The fourth-order valence-electron chi connectivity index (χ4n) is 3.01. The maximum absolute atomic E-state index is 11.1. The number of amides is 1. The molecule has 1 aliphatic heterocycles. The summed E-state index contributed by atoms with van der Waals surface area (Å²) in [7, 11) is 1.81. The predicted octanol–water partition coefficient (Wildman–Crippen LogP) is 2.25. The van der Waals surface area contributed by atoms with Crippen LogP contribution in [0.15, 0.2) is 34.2 Å². The molecular formula is C18H28N4OS. The van der Waals surface area contributed by atoms with E-state index in [0.29, 0.717) is 12.3 Å². The van der Waals surface area contributed by atoms with Crippen molar-refractivity contribution in [3.8, 4) is 0 Å². The Kier molecular flexibility index (Phi) is 7.43. The molecule has 1 amide bonds. The van der Waals surface area contributed by atoms with Crippen molar-refractivity contribution in [2.24, 2.45) is 16.6 Å². The number of aryl methyl sites for hydroxylation is 1. The number of primary amides is 1. The first-order valence-corrected chi connectivity index (χ1v) is 9.50. The van der Waals surface area contributed by atoms with Gasteiger partial charge in [0.05, 0.1) is 0 Å². The Bertz CT molecular complexity index is 559. The van der Waals surface area contributed by atoms with Crippen molar-refractivity contribution < 1.29 is 4.79 Å². The van der Waals surface area contributed by atoms with E-state index in [9.17, 15) is 4.79 Å². The van der Waals surface area contributed by atoms with Gasteiger partial charge in [0.1, 0.15) is 0 Å². The number of rotatable bonds is 6. The molecule has 0 radical (unpaired) electrons. The van der Waals surface area contributed by atoms with Gasteiger partial charge in [0.2, 0.25) is 5.91 Å². The van der Waals surface area contributed by atoms with Gasteiger partial charge in [-0.25, -0.2) is 0 Å². The molecule has 1 aromatic carbocycles. The summed E-state index contributed by atoms with van der Waals surface area (Å²) in [4.78, 5) is 19.1. The van der Waals surface area contributed by atoms with Crippen LogP contribution in [0.5, 0.6) is 0 Å². The summed E-state index contributed by atoms with van der Waals surface area (Å²) >= 11 is 1.84. The molecule has 6 heteroatoms. The number of carbonyl (C=O) groups excluding carboxylic acids is 1. The van der Waals surface area contributed by atoms with Gasteiger partial charge >= 0.3 is 0 Å². The van der Waals surface area contributed by atoms with Crippen molar-refractivity contribution >= 4 is 23.6 Å². The van der Waals surface area contributed by atoms with E-state index in [-0.39, 0.29) is 5.91 Å². The molecule has 0 saturated carbocycles. The van der Waals surface area contributed by atoms with Gasteiger partial charge in [-0.2, -0.15) is 0 Å². The third kappa shape index (κ3) is 6.07. The Morgan fingerprint density at radius 1 is 1.42 bits per heavy atom. The zero-order valence-corrected chi connectivity index (χ0v) is 15.4. The number of piperidine rings is 1. The van der Waals surface area contributed by atoms with Crippen molar-refractivity contribution in [3.63, 3.8) is 0 Å². The van der Waals surface area contributed by atoms with E-state index in [1.54, 1.807) is 0 Å². The highest BCUT2D eigenvalue weighted by Crippen LogP contribution is 2.20. The average Bonchev–Trinajstić information content (AvgIpc) is 2.56. The fourth-order valence-corrected chi connectivity index (χ4v) is 3.78. The average molecular weight is 349 g/mol. The number of nitrogens with zero attached hydrogens (tertiary/aromatic N) is 2. The van der Waals surface area contributed by atoms with E-state index in [1.807, 2.05) is 18.8 Å². The van der Waals surface area contributed by atoms with Gasteiger partial charge in [-0.3, -0.25) is 9.79 Å². The second-order valence-electron chi connectivity index (χ2n) is 6.26. The number of nitrogens with two attached hydrogens (primary N) is 1. The summed E-state index contributed by atoms with van der Waals surface area (Å²) in [6, 6.07) is 8.60. The van der Waals surface area contributed by atoms with Crippen molar-refractivity contribution in [3.05, 3.63) is 29.8 Å². The number of hydrogen-bond acceptors (Lipinski definition) is 3.